The third kappa shape index (κ3) is 3.85. The second-order valence-corrected chi connectivity index (χ2v) is 8.27. The molecule has 1 aliphatic rings. The number of nitrogens with zero attached hydrogens (tertiary/aromatic N) is 4. The van der Waals surface area contributed by atoms with Crippen molar-refractivity contribution >= 4 is 28.9 Å². The molecule has 1 aromatic carbocycles. The zero-order chi connectivity index (χ0) is 22.1. The van der Waals surface area contributed by atoms with Gasteiger partial charge < -0.3 is 14.8 Å². The number of thiocarbonyl (C=S) groups is 1. The summed E-state index contributed by atoms with van der Waals surface area (Å²) in [5.74, 6) is -0.448. The number of hydrogen-bond acceptors (Lipinski definition) is 3. The third-order valence-electron chi connectivity index (χ3n) is 5.52. The first-order valence-electron chi connectivity index (χ1n) is 10.1. The molecule has 0 spiro atoms. The van der Waals surface area contributed by atoms with Gasteiger partial charge in [-0.1, -0.05) is 23.7 Å². The summed E-state index contributed by atoms with van der Waals surface area (Å²) in [7, 11) is 0. The number of halogens is 2. The van der Waals surface area contributed by atoms with Gasteiger partial charge in [0.05, 0.1) is 35.0 Å². The maximum atomic E-state index is 13.8. The number of aromatic nitrogens is 3. The Kier molecular flexibility index (Phi) is 5.59. The maximum absolute atomic E-state index is 13.8. The second-order valence-electron chi connectivity index (χ2n) is 7.48. The molecular weight excluding hydrogens is 445 g/mol. The Bertz CT molecular complexity index is 1250. The quantitative estimate of drug-likeness (QED) is 0.410. The molecule has 1 N–H and O–H groups in total. The Morgan fingerprint density at radius 1 is 1.00 bits per heavy atom. The first-order chi connectivity index (χ1) is 15.6. The molecule has 5 nitrogen and oxygen atoms in total. The van der Waals surface area contributed by atoms with Crippen LogP contribution in [0.25, 0.3) is 5.69 Å². The first-order valence-corrected chi connectivity index (χ1v) is 10.9. The van der Waals surface area contributed by atoms with Crippen LogP contribution in [0.15, 0.2) is 85.3 Å². The Morgan fingerprint density at radius 2 is 1.81 bits per heavy atom. The highest BCUT2D eigenvalue weighted by atomic mass is 35.5. The molecule has 0 saturated carbocycles. The average Bonchev–Trinajstić information content (AvgIpc) is 3.42. The van der Waals surface area contributed by atoms with E-state index in [1.165, 1.54) is 6.07 Å². The van der Waals surface area contributed by atoms with Gasteiger partial charge in [0.25, 0.3) is 0 Å². The van der Waals surface area contributed by atoms with Crippen molar-refractivity contribution in [2.24, 2.45) is 0 Å². The van der Waals surface area contributed by atoms with Crippen molar-refractivity contribution in [1.82, 2.24) is 24.8 Å². The minimum atomic E-state index is -0.448. The first kappa shape index (κ1) is 20.6. The van der Waals surface area contributed by atoms with Crippen LogP contribution in [0, 0.1) is 5.82 Å². The van der Waals surface area contributed by atoms with Crippen molar-refractivity contribution in [2.45, 2.75) is 18.6 Å². The van der Waals surface area contributed by atoms with Gasteiger partial charge in [-0.2, -0.15) is 0 Å². The minimum Gasteiger partial charge on any atom is -0.352 e. The van der Waals surface area contributed by atoms with E-state index < -0.39 is 5.82 Å². The van der Waals surface area contributed by atoms with Crippen molar-refractivity contribution in [2.75, 3.05) is 0 Å². The van der Waals surface area contributed by atoms with Crippen molar-refractivity contribution in [1.29, 1.82) is 0 Å². The summed E-state index contributed by atoms with van der Waals surface area (Å²) in [4.78, 5) is 11.2. The summed E-state index contributed by atoms with van der Waals surface area (Å²) in [5.41, 5.74) is 3.54. The Morgan fingerprint density at radius 3 is 2.53 bits per heavy atom. The number of benzene rings is 1. The van der Waals surface area contributed by atoms with Gasteiger partial charge in [-0.25, -0.2) is 4.39 Å². The number of pyridine rings is 2. The molecule has 1 fully saturated rings. The van der Waals surface area contributed by atoms with E-state index in [2.05, 4.69) is 20.2 Å². The minimum absolute atomic E-state index is 0.0776. The van der Waals surface area contributed by atoms with Crippen molar-refractivity contribution in [3.05, 3.63) is 113 Å². The lowest BCUT2D eigenvalue weighted by Gasteiger charge is -2.28. The van der Waals surface area contributed by atoms with E-state index in [1.807, 2.05) is 59.3 Å². The summed E-state index contributed by atoms with van der Waals surface area (Å²) < 4.78 is 15.8. The number of rotatable bonds is 5. The van der Waals surface area contributed by atoms with Crippen LogP contribution >= 0.6 is 23.8 Å². The van der Waals surface area contributed by atoms with Gasteiger partial charge in [-0.15, -0.1) is 0 Å². The van der Waals surface area contributed by atoms with Crippen molar-refractivity contribution in [3.63, 3.8) is 0 Å². The standard InChI is InChI=1S/C24H19ClFN5S/c25-18-14-17(9-10-19(18)26)30-13-5-8-21(30)23-22(20-7-2-4-12-28-20)29-24(32)31(23)15-16-6-1-3-11-27-16/h1-14,22-23H,15H2,(H,29,32)/t22-,23+/m0/s1. The Labute approximate surface area is 195 Å². The highest BCUT2D eigenvalue weighted by Crippen LogP contribution is 2.40. The zero-order valence-electron chi connectivity index (χ0n) is 16.9. The van der Waals surface area contributed by atoms with Crippen LogP contribution in [0.1, 0.15) is 29.2 Å². The van der Waals surface area contributed by atoms with E-state index in [0.717, 1.165) is 22.8 Å². The molecule has 0 unspecified atom stereocenters. The van der Waals surface area contributed by atoms with Crippen LogP contribution in [-0.4, -0.2) is 24.5 Å². The van der Waals surface area contributed by atoms with Gasteiger partial charge in [0, 0.05) is 30.0 Å². The second kappa shape index (κ2) is 8.68. The molecule has 1 aliphatic heterocycles. The monoisotopic (exact) mass is 463 g/mol. The topological polar surface area (TPSA) is 46.0 Å². The highest BCUT2D eigenvalue weighted by Gasteiger charge is 2.41. The Balaban J connectivity index is 1.61. The smallest absolute Gasteiger partial charge is 0.170 e. The summed E-state index contributed by atoms with van der Waals surface area (Å²) in [6, 6.07) is 20.0. The van der Waals surface area contributed by atoms with Gasteiger partial charge >= 0.3 is 0 Å². The highest BCUT2D eigenvalue weighted by molar-refractivity contribution is 7.80. The maximum Gasteiger partial charge on any atom is 0.170 e. The fraction of sp³-hybridized carbons (Fsp3) is 0.125. The Hall–Kier alpha value is -3.29. The summed E-state index contributed by atoms with van der Waals surface area (Å²) >= 11 is 11.8. The summed E-state index contributed by atoms with van der Waals surface area (Å²) in [6.07, 6.45) is 5.49. The van der Waals surface area contributed by atoms with Gasteiger partial charge in [-0.05, 0) is 66.8 Å². The lowest BCUT2D eigenvalue weighted by atomic mass is 10.0. The molecule has 0 radical (unpaired) electrons. The lowest BCUT2D eigenvalue weighted by molar-refractivity contribution is 0.299. The molecular formula is C24H19ClFN5S. The SMILES string of the molecule is Fc1ccc(-n2cccc2[C@@H]2[C@H](c3ccccn3)NC(=S)N2Cc2ccccn2)cc1Cl. The largest absolute Gasteiger partial charge is 0.352 e. The van der Waals surface area contributed by atoms with E-state index in [-0.39, 0.29) is 17.1 Å². The molecule has 1 saturated heterocycles. The predicted molar refractivity (Wildman–Crippen MR) is 126 cm³/mol. The lowest BCUT2D eigenvalue weighted by Crippen LogP contribution is -2.30. The van der Waals surface area contributed by atoms with E-state index >= 15 is 0 Å². The van der Waals surface area contributed by atoms with E-state index in [4.69, 9.17) is 23.8 Å². The van der Waals surface area contributed by atoms with Crippen LogP contribution in [0.2, 0.25) is 5.02 Å². The molecule has 0 bridgehead atoms. The van der Waals surface area contributed by atoms with Crippen LogP contribution < -0.4 is 5.32 Å². The van der Waals surface area contributed by atoms with Gasteiger partial charge in [-0.3, -0.25) is 9.97 Å². The average molecular weight is 464 g/mol. The van der Waals surface area contributed by atoms with Crippen LogP contribution in [0.3, 0.4) is 0 Å². The molecule has 0 aliphatic carbocycles. The number of hydrogen-bond donors (Lipinski definition) is 1. The van der Waals surface area contributed by atoms with Gasteiger partial charge in [0.15, 0.2) is 5.11 Å². The van der Waals surface area contributed by atoms with E-state index in [9.17, 15) is 4.39 Å². The molecule has 8 heteroatoms. The molecule has 0 amide bonds. The van der Waals surface area contributed by atoms with Crippen LogP contribution in [-0.2, 0) is 6.54 Å². The molecule has 32 heavy (non-hydrogen) atoms. The molecule has 3 aromatic heterocycles. The van der Waals surface area contributed by atoms with Gasteiger partial charge in [0.1, 0.15) is 5.82 Å². The molecule has 5 rings (SSSR count). The molecule has 160 valence electrons. The molecule has 4 aromatic rings. The van der Waals surface area contributed by atoms with E-state index in [1.54, 1.807) is 24.5 Å². The van der Waals surface area contributed by atoms with Gasteiger partial charge in [0.2, 0.25) is 0 Å². The third-order valence-corrected chi connectivity index (χ3v) is 6.16. The van der Waals surface area contributed by atoms with Crippen LogP contribution in [0.4, 0.5) is 4.39 Å². The summed E-state index contributed by atoms with van der Waals surface area (Å²) in [6.45, 7) is 0.538. The predicted octanol–water partition coefficient (Wildman–Crippen LogP) is 5.23. The van der Waals surface area contributed by atoms with Crippen LogP contribution in [0.5, 0.6) is 0 Å². The zero-order valence-corrected chi connectivity index (χ0v) is 18.5. The molecule has 4 heterocycles. The molecule has 2 atom stereocenters. The fourth-order valence-corrected chi connectivity index (χ4v) is 4.55. The summed E-state index contributed by atoms with van der Waals surface area (Å²) in [5, 5.41) is 4.15. The number of nitrogens with one attached hydrogen (secondary N) is 1. The van der Waals surface area contributed by atoms with Crippen molar-refractivity contribution in [3.8, 4) is 5.69 Å². The van der Waals surface area contributed by atoms with Crippen molar-refractivity contribution < 1.29 is 4.39 Å². The fourth-order valence-electron chi connectivity index (χ4n) is 4.07. The van der Waals surface area contributed by atoms with E-state index in [0.29, 0.717) is 11.7 Å². The normalized spacial score (nSPS) is 18.1.